The minimum Gasteiger partial charge on any atom is -0.478 e. The number of nitrogens with two attached hydrogens (primary N) is 1. The molecule has 0 saturated heterocycles. The molecule has 0 aliphatic rings. The van der Waals surface area contributed by atoms with E-state index in [-0.39, 0.29) is 22.4 Å². The van der Waals surface area contributed by atoms with Crippen LogP contribution in [-0.4, -0.2) is 29.8 Å². The molecule has 0 radical (unpaired) electrons. The van der Waals surface area contributed by atoms with Crippen LogP contribution in [0.15, 0.2) is 47.4 Å². The highest BCUT2D eigenvalue weighted by Crippen LogP contribution is 2.22. The number of carboxylic acid groups (broad SMARTS) is 1. The standard InChI is InChI=1S/C14H11NO6S/c15-12-4-2-1-3-10(12)13(16)11-7-8(22(19,20)21)5-6-9(11)14(17)18/h1-7H,15H2,(H,17,18)(H,19,20,21). The molecule has 0 spiro atoms. The maximum Gasteiger partial charge on any atom is 0.336 e. The van der Waals surface area contributed by atoms with Crippen LogP contribution in [0.5, 0.6) is 0 Å². The number of anilines is 1. The van der Waals surface area contributed by atoms with Gasteiger partial charge in [0, 0.05) is 16.8 Å². The van der Waals surface area contributed by atoms with E-state index in [4.69, 9.17) is 15.4 Å². The molecule has 2 aromatic carbocycles. The van der Waals surface area contributed by atoms with Crippen LogP contribution in [0, 0.1) is 0 Å². The lowest BCUT2D eigenvalue weighted by Gasteiger charge is -2.09. The zero-order valence-corrected chi connectivity index (χ0v) is 11.9. The van der Waals surface area contributed by atoms with Crippen LogP contribution in [0.3, 0.4) is 0 Å². The van der Waals surface area contributed by atoms with Gasteiger partial charge in [0.25, 0.3) is 10.1 Å². The van der Waals surface area contributed by atoms with Gasteiger partial charge in [-0.3, -0.25) is 9.35 Å². The fourth-order valence-electron chi connectivity index (χ4n) is 1.91. The monoisotopic (exact) mass is 321 g/mol. The fraction of sp³-hybridized carbons (Fsp3) is 0. The van der Waals surface area contributed by atoms with Crippen molar-refractivity contribution < 1.29 is 27.7 Å². The molecule has 0 amide bonds. The predicted molar refractivity (Wildman–Crippen MR) is 77.5 cm³/mol. The largest absolute Gasteiger partial charge is 0.478 e. The van der Waals surface area contributed by atoms with Crippen molar-refractivity contribution in [2.24, 2.45) is 0 Å². The highest BCUT2D eigenvalue weighted by atomic mass is 32.2. The molecule has 0 fully saturated rings. The van der Waals surface area contributed by atoms with Crippen LogP contribution in [0.4, 0.5) is 5.69 Å². The molecule has 0 aromatic heterocycles. The Bertz CT molecular complexity index is 873. The number of carbonyl (C=O) groups excluding carboxylic acids is 1. The number of para-hydroxylation sites is 1. The van der Waals surface area contributed by atoms with Crippen LogP contribution >= 0.6 is 0 Å². The number of hydrogen-bond donors (Lipinski definition) is 3. The minimum absolute atomic E-state index is 0.0393. The van der Waals surface area contributed by atoms with E-state index in [1.54, 1.807) is 6.07 Å². The Morgan fingerprint density at radius 3 is 2.14 bits per heavy atom. The Kier molecular flexibility index (Phi) is 3.98. The van der Waals surface area contributed by atoms with Crippen LogP contribution < -0.4 is 5.73 Å². The van der Waals surface area contributed by atoms with Gasteiger partial charge in [-0.2, -0.15) is 8.42 Å². The highest BCUT2D eigenvalue weighted by Gasteiger charge is 2.22. The molecule has 114 valence electrons. The van der Waals surface area contributed by atoms with Gasteiger partial charge in [-0.1, -0.05) is 12.1 Å². The van der Waals surface area contributed by atoms with Gasteiger partial charge in [0.15, 0.2) is 5.78 Å². The van der Waals surface area contributed by atoms with Gasteiger partial charge in [0.05, 0.1) is 10.5 Å². The Morgan fingerprint density at radius 2 is 1.59 bits per heavy atom. The van der Waals surface area contributed by atoms with Crippen LogP contribution in [0.25, 0.3) is 0 Å². The van der Waals surface area contributed by atoms with Crippen molar-refractivity contribution in [1.29, 1.82) is 0 Å². The second-order valence-electron chi connectivity index (χ2n) is 4.40. The van der Waals surface area contributed by atoms with Crippen LogP contribution in [0.1, 0.15) is 26.3 Å². The van der Waals surface area contributed by atoms with E-state index < -0.39 is 26.8 Å². The van der Waals surface area contributed by atoms with Crippen LogP contribution in [0.2, 0.25) is 0 Å². The number of carbonyl (C=O) groups is 2. The van der Waals surface area contributed by atoms with Gasteiger partial charge in [0.2, 0.25) is 0 Å². The summed E-state index contributed by atoms with van der Waals surface area (Å²) in [5, 5.41) is 9.13. The summed E-state index contributed by atoms with van der Waals surface area (Å²) in [6, 6.07) is 8.65. The molecule has 8 heteroatoms. The molecule has 0 aliphatic heterocycles. The summed E-state index contributed by atoms with van der Waals surface area (Å²) in [6.45, 7) is 0. The maximum atomic E-state index is 12.5. The lowest BCUT2D eigenvalue weighted by Crippen LogP contribution is -2.13. The topological polar surface area (TPSA) is 135 Å². The van der Waals surface area contributed by atoms with Gasteiger partial charge in [-0.05, 0) is 30.3 Å². The molecule has 2 rings (SSSR count). The van der Waals surface area contributed by atoms with Crippen molar-refractivity contribution in [3.05, 3.63) is 59.2 Å². The van der Waals surface area contributed by atoms with E-state index in [2.05, 4.69) is 0 Å². The van der Waals surface area contributed by atoms with Gasteiger partial charge in [-0.25, -0.2) is 4.79 Å². The van der Waals surface area contributed by atoms with Crippen molar-refractivity contribution in [1.82, 2.24) is 0 Å². The van der Waals surface area contributed by atoms with Gasteiger partial charge in [-0.15, -0.1) is 0 Å². The molecule has 22 heavy (non-hydrogen) atoms. The maximum absolute atomic E-state index is 12.5. The van der Waals surface area contributed by atoms with E-state index in [1.807, 2.05) is 0 Å². The summed E-state index contributed by atoms with van der Waals surface area (Å²) in [5.74, 6) is -2.15. The second kappa shape index (κ2) is 5.58. The minimum atomic E-state index is -4.57. The predicted octanol–water partition coefficient (Wildman–Crippen LogP) is 1.44. The lowest BCUT2D eigenvalue weighted by atomic mass is 9.97. The molecule has 0 unspecified atom stereocenters. The Balaban J connectivity index is 2.69. The molecule has 0 heterocycles. The highest BCUT2D eigenvalue weighted by molar-refractivity contribution is 7.85. The molecule has 0 atom stereocenters. The van der Waals surface area contributed by atoms with Crippen molar-refractivity contribution in [2.75, 3.05) is 5.73 Å². The summed E-state index contributed by atoms with van der Waals surface area (Å²) in [4.78, 5) is 23.1. The lowest BCUT2D eigenvalue weighted by molar-refractivity contribution is 0.0692. The van der Waals surface area contributed by atoms with E-state index in [0.717, 1.165) is 18.2 Å². The third kappa shape index (κ3) is 2.97. The summed E-state index contributed by atoms with van der Waals surface area (Å²) in [7, 11) is -4.57. The summed E-state index contributed by atoms with van der Waals surface area (Å²) < 4.78 is 31.4. The molecule has 0 bridgehead atoms. The first-order valence-electron chi connectivity index (χ1n) is 5.96. The van der Waals surface area contributed by atoms with Gasteiger partial charge < -0.3 is 10.8 Å². The molecular weight excluding hydrogens is 310 g/mol. The van der Waals surface area contributed by atoms with Crippen molar-refractivity contribution in [3.63, 3.8) is 0 Å². The average molecular weight is 321 g/mol. The summed E-state index contributed by atoms with van der Waals surface area (Å²) >= 11 is 0. The fourth-order valence-corrected chi connectivity index (χ4v) is 2.41. The number of rotatable bonds is 4. The third-order valence-corrected chi connectivity index (χ3v) is 3.82. The number of nitrogen functional groups attached to an aromatic ring is 1. The van der Waals surface area contributed by atoms with Crippen LogP contribution in [-0.2, 0) is 10.1 Å². The number of ketones is 1. The molecule has 0 aliphatic carbocycles. The number of hydrogen-bond acceptors (Lipinski definition) is 5. The first-order chi connectivity index (χ1) is 10.2. The normalized spacial score (nSPS) is 11.1. The number of carboxylic acids is 1. The summed E-state index contributed by atoms with van der Waals surface area (Å²) in [5.41, 5.74) is 5.08. The quantitative estimate of drug-likeness (QED) is 0.440. The van der Waals surface area contributed by atoms with E-state index in [1.165, 1.54) is 18.2 Å². The van der Waals surface area contributed by atoms with Crippen molar-refractivity contribution in [3.8, 4) is 0 Å². The summed E-state index contributed by atoms with van der Waals surface area (Å²) in [6.07, 6.45) is 0. The third-order valence-electron chi connectivity index (χ3n) is 2.97. The average Bonchev–Trinajstić information content (AvgIpc) is 2.45. The molecular formula is C14H11NO6S. The van der Waals surface area contributed by atoms with Crippen molar-refractivity contribution in [2.45, 2.75) is 4.90 Å². The molecule has 4 N–H and O–H groups in total. The van der Waals surface area contributed by atoms with Gasteiger partial charge in [0.1, 0.15) is 0 Å². The van der Waals surface area contributed by atoms with Gasteiger partial charge >= 0.3 is 5.97 Å². The van der Waals surface area contributed by atoms with Crippen molar-refractivity contribution >= 4 is 27.6 Å². The first kappa shape index (κ1) is 15.7. The number of benzene rings is 2. The van der Waals surface area contributed by atoms with E-state index in [9.17, 15) is 18.0 Å². The van der Waals surface area contributed by atoms with E-state index >= 15 is 0 Å². The smallest absolute Gasteiger partial charge is 0.336 e. The zero-order chi connectivity index (χ0) is 16.5. The Morgan fingerprint density at radius 1 is 0.955 bits per heavy atom. The zero-order valence-electron chi connectivity index (χ0n) is 11.1. The van der Waals surface area contributed by atoms with E-state index in [0.29, 0.717) is 0 Å². The molecule has 0 saturated carbocycles. The number of aromatic carboxylic acids is 1. The Labute approximate surface area is 125 Å². The second-order valence-corrected chi connectivity index (χ2v) is 5.83. The molecule has 7 nitrogen and oxygen atoms in total. The Hall–Kier alpha value is -2.71. The first-order valence-corrected chi connectivity index (χ1v) is 7.40. The molecule has 2 aromatic rings. The SMILES string of the molecule is Nc1ccccc1C(=O)c1cc(S(=O)(=O)O)ccc1C(=O)O.